The smallest absolute Gasteiger partial charge is 0.273 e. The molecule has 2 aromatic heterocycles. The number of amides is 1. The van der Waals surface area contributed by atoms with Crippen molar-refractivity contribution < 1.29 is 14.4 Å². The average molecular weight is 344 g/mol. The largest absolute Gasteiger partial charge is 0.386 e. The first kappa shape index (κ1) is 16.3. The van der Waals surface area contributed by atoms with Gasteiger partial charge in [-0.05, 0) is 6.92 Å². The molecule has 124 valence electrons. The van der Waals surface area contributed by atoms with Crippen molar-refractivity contribution in [3.05, 3.63) is 52.1 Å². The minimum atomic E-state index is -0.627. The molecule has 2 heterocycles. The lowest BCUT2D eigenvalue weighted by Crippen LogP contribution is -2.25. The highest BCUT2D eigenvalue weighted by molar-refractivity contribution is 7.11. The van der Waals surface area contributed by atoms with E-state index in [0.29, 0.717) is 23.7 Å². The van der Waals surface area contributed by atoms with Crippen LogP contribution < -0.4 is 5.32 Å². The second kappa shape index (κ2) is 7.33. The van der Waals surface area contributed by atoms with E-state index < -0.39 is 6.10 Å². The molecule has 1 amide bonds. The van der Waals surface area contributed by atoms with Gasteiger partial charge < -0.3 is 14.9 Å². The second-order valence-electron chi connectivity index (χ2n) is 5.16. The van der Waals surface area contributed by atoms with E-state index in [-0.39, 0.29) is 11.6 Å². The Morgan fingerprint density at radius 3 is 2.83 bits per heavy atom. The van der Waals surface area contributed by atoms with Crippen molar-refractivity contribution in [2.45, 2.75) is 19.4 Å². The first-order valence-corrected chi connectivity index (χ1v) is 8.26. The number of benzene rings is 1. The molecule has 0 fully saturated rings. The summed E-state index contributed by atoms with van der Waals surface area (Å²) in [5.74, 6) is 0.243. The number of aromatic nitrogens is 3. The van der Waals surface area contributed by atoms with Gasteiger partial charge in [-0.3, -0.25) is 4.79 Å². The standard InChI is InChI=1S/C16H16N4O3S/c1-10(21)16-19-18-14(24-16)7-8-17-15(22)12-9-13(23-20-12)11-5-3-2-4-6-11/h2-6,9-10,21H,7-8H2,1H3,(H,17,22). The molecule has 0 aliphatic rings. The number of nitrogens with one attached hydrogen (secondary N) is 1. The fraction of sp³-hybridized carbons (Fsp3) is 0.250. The Morgan fingerprint density at radius 1 is 1.33 bits per heavy atom. The van der Waals surface area contributed by atoms with E-state index in [2.05, 4.69) is 20.7 Å². The molecule has 0 aliphatic carbocycles. The quantitative estimate of drug-likeness (QED) is 0.711. The van der Waals surface area contributed by atoms with Gasteiger partial charge in [-0.25, -0.2) is 0 Å². The number of carbonyl (C=O) groups excluding carboxylic acids is 1. The van der Waals surface area contributed by atoms with Gasteiger partial charge in [-0.15, -0.1) is 10.2 Å². The lowest BCUT2D eigenvalue weighted by atomic mass is 10.1. The fourth-order valence-corrected chi connectivity index (χ4v) is 2.81. The average Bonchev–Trinajstić information content (AvgIpc) is 3.25. The van der Waals surface area contributed by atoms with E-state index in [0.717, 1.165) is 10.6 Å². The summed E-state index contributed by atoms with van der Waals surface area (Å²) in [6, 6.07) is 11.1. The highest BCUT2D eigenvalue weighted by atomic mass is 32.1. The lowest BCUT2D eigenvalue weighted by molar-refractivity contribution is 0.0945. The van der Waals surface area contributed by atoms with Gasteiger partial charge in [-0.1, -0.05) is 46.8 Å². The molecule has 1 atom stereocenters. The lowest BCUT2D eigenvalue weighted by Gasteiger charge is -1.99. The first-order valence-electron chi connectivity index (χ1n) is 7.44. The SMILES string of the molecule is CC(O)c1nnc(CCNC(=O)c2cc(-c3ccccc3)on2)s1. The molecule has 24 heavy (non-hydrogen) atoms. The van der Waals surface area contributed by atoms with E-state index in [1.807, 2.05) is 30.3 Å². The van der Waals surface area contributed by atoms with Crippen molar-refractivity contribution in [2.24, 2.45) is 0 Å². The molecule has 1 aromatic carbocycles. The normalized spacial score (nSPS) is 12.1. The molecule has 8 heteroatoms. The number of rotatable bonds is 6. The number of carbonyl (C=O) groups is 1. The summed E-state index contributed by atoms with van der Waals surface area (Å²) in [7, 11) is 0. The van der Waals surface area contributed by atoms with Crippen LogP contribution in [-0.2, 0) is 6.42 Å². The van der Waals surface area contributed by atoms with Crippen molar-refractivity contribution in [2.75, 3.05) is 6.54 Å². The monoisotopic (exact) mass is 344 g/mol. The maximum Gasteiger partial charge on any atom is 0.273 e. The molecule has 0 spiro atoms. The Kier molecular flexibility index (Phi) is 4.97. The van der Waals surface area contributed by atoms with E-state index in [1.54, 1.807) is 13.0 Å². The van der Waals surface area contributed by atoms with Gasteiger partial charge in [0, 0.05) is 24.6 Å². The summed E-state index contributed by atoms with van der Waals surface area (Å²) < 4.78 is 5.21. The van der Waals surface area contributed by atoms with Crippen LogP contribution in [0.1, 0.15) is 33.5 Å². The Morgan fingerprint density at radius 2 is 2.12 bits per heavy atom. The molecule has 2 N–H and O–H groups in total. The van der Waals surface area contributed by atoms with Crippen LogP contribution in [0.3, 0.4) is 0 Å². The topological polar surface area (TPSA) is 101 Å². The van der Waals surface area contributed by atoms with Crippen molar-refractivity contribution in [1.29, 1.82) is 0 Å². The molecule has 0 saturated carbocycles. The Labute approximate surface area is 142 Å². The van der Waals surface area contributed by atoms with Crippen LogP contribution >= 0.6 is 11.3 Å². The molecule has 3 rings (SSSR count). The van der Waals surface area contributed by atoms with Gasteiger partial charge >= 0.3 is 0 Å². The fourth-order valence-electron chi connectivity index (χ4n) is 2.03. The van der Waals surface area contributed by atoms with Crippen LogP contribution in [0, 0.1) is 0 Å². The van der Waals surface area contributed by atoms with Gasteiger partial charge in [0.15, 0.2) is 11.5 Å². The van der Waals surface area contributed by atoms with Crippen molar-refractivity contribution >= 4 is 17.2 Å². The van der Waals surface area contributed by atoms with Crippen LogP contribution in [0.4, 0.5) is 0 Å². The second-order valence-corrected chi connectivity index (χ2v) is 6.25. The highest BCUT2D eigenvalue weighted by Gasteiger charge is 2.14. The Bertz CT molecular complexity index is 814. The van der Waals surface area contributed by atoms with E-state index in [1.165, 1.54) is 11.3 Å². The summed E-state index contributed by atoms with van der Waals surface area (Å²) >= 11 is 1.33. The number of hydrogen-bond donors (Lipinski definition) is 2. The zero-order valence-corrected chi connectivity index (χ0v) is 13.8. The van der Waals surface area contributed by atoms with Gasteiger partial charge in [0.2, 0.25) is 0 Å². The summed E-state index contributed by atoms with van der Waals surface area (Å²) in [5, 5.41) is 25.2. The van der Waals surface area contributed by atoms with Crippen LogP contribution in [0.2, 0.25) is 0 Å². The van der Waals surface area contributed by atoms with Gasteiger partial charge in [-0.2, -0.15) is 0 Å². The predicted octanol–water partition coefficient (Wildman–Crippen LogP) is 2.22. The number of aliphatic hydroxyl groups excluding tert-OH is 1. The van der Waals surface area contributed by atoms with Crippen molar-refractivity contribution in [3.63, 3.8) is 0 Å². The van der Waals surface area contributed by atoms with Crippen molar-refractivity contribution in [1.82, 2.24) is 20.7 Å². The minimum Gasteiger partial charge on any atom is -0.386 e. The maximum absolute atomic E-state index is 12.1. The third-order valence-corrected chi connectivity index (χ3v) is 4.42. The summed E-state index contributed by atoms with van der Waals surface area (Å²) in [5.41, 5.74) is 1.10. The maximum atomic E-state index is 12.1. The Balaban J connectivity index is 1.54. The molecular weight excluding hydrogens is 328 g/mol. The summed E-state index contributed by atoms with van der Waals surface area (Å²) in [6.45, 7) is 2.04. The molecular formula is C16H16N4O3S. The third kappa shape index (κ3) is 3.84. The van der Waals surface area contributed by atoms with Crippen LogP contribution in [0.5, 0.6) is 0 Å². The summed E-state index contributed by atoms with van der Waals surface area (Å²) in [6.07, 6.45) is -0.0862. The van der Waals surface area contributed by atoms with Crippen LogP contribution in [0.25, 0.3) is 11.3 Å². The molecule has 0 bridgehead atoms. The van der Waals surface area contributed by atoms with Crippen LogP contribution in [-0.4, -0.2) is 32.9 Å². The van der Waals surface area contributed by atoms with Crippen molar-refractivity contribution in [3.8, 4) is 11.3 Å². The van der Waals surface area contributed by atoms with Crippen LogP contribution in [0.15, 0.2) is 40.9 Å². The van der Waals surface area contributed by atoms with E-state index >= 15 is 0 Å². The Hall–Kier alpha value is -2.58. The predicted molar refractivity (Wildman–Crippen MR) is 88.5 cm³/mol. The highest BCUT2D eigenvalue weighted by Crippen LogP contribution is 2.20. The van der Waals surface area contributed by atoms with E-state index in [9.17, 15) is 9.90 Å². The number of hydrogen-bond acceptors (Lipinski definition) is 7. The number of nitrogens with zero attached hydrogens (tertiary/aromatic N) is 3. The minimum absolute atomic E-state index is 0.232. The summed E-state index contributed by atoms with van der Waals surface area (Å²) in [4.78, 5) is 12.1. The van der Waals surface area contributed by atoms with E-state index in [4.69, 9.17) is 4.52 Å². The number of aliphatic hydroxyl groups is 1. The van der Waals surface area contributed by atoms with Gasteiger partial charge in [0.05, 0.1) is 0 Å². The molecule has 7 nitrogen and oxygen atoms in total. The van der Waals surface area contributed by atoms with Gasteiger partial charge in [0.25, 0.3) is 5.91 Å². The zero-order chi connectivity index (χ0) is 16.9. The van der Waals surface area contributed by atoms with Gasteiger partial charge in [0.1, 0.15) is 16.1 Å². The molecule has 0 saturated heterocycles. The third-order valence-electron chi connectivity index (χ3n) is 3.27. The molecule has 0 radical (unpaired) electrons. The molecule has 0 aliphatic heterocycles. The molecule has 3 aromatic rings. The first-order chi connectivity index (χ1) is 11.6. The molecule has 1 unspecified atom stereocenters. The zero-order valence-electron chi connectivity index (χ0n) is 13.0.